The zero-order chi connectivity index (χ0) is 32.7. The van der Waals surface area contributed by atoms with Gasteiger partial charge >= 0.3 is 12.1 Å². The van der Waals surface area contributed by atoms with E-state index in [1.54, 1.807) is 30.4 Å². The molecule has 0 spiro atoms. The number of morpholine rings is 1. The molecule has 3 aromatic heterocycles. The minimum absolute atomic E-state index is 0.238. The van der Waals surface area contributed by atoms with Crippen LogP contribution in [0.4, 0.5) is 34.9 Å². The number of nitrogens with zero attached hydrogens (tertiary/aromatic N) is 7. The number of halogens is 4. The summed E-state index contributed by atoms with van der Waals surface area (Å²) in [6.07, 6.45) is -0.588. The van der Waals surface area contributed by atoms with E-state index in [9.17, 15) is 17.6 Å². The number of benzene rings is 2. The molecule has 2 aromatic carbocycles. The number of methoxy groups -OCH3 is 1. The van der Waals surface area contributed by atoms with Gasteiger partial charge in [-0.25, -0.2) is 33.8 Å². The van der Waals surface area contributed by atoms with Crippen molar-refractivity contribution in [3.63, 3.8) is 0 Å². The molecule has 46 heavy (non-hydrogen) atoms. The van der Waals surface area contributed by atoms with Crippen LogP contribution < -0.4 is 15.0 Å². The lowest BCUT2D eigenvalue weighted by Crippen LogP contribution is -2.36. The van der Waals surface area contributed by atoms with E-state index in [1.807, 2.05) is 54.6 Å². The standard InChI is InChI=1S/C28H25FN8O2.C2HF3O2/c1-38-25-10-5-20(16-30-25)27-32-18-37(35-27)22-8-6-21(7-9-22)33-28-31-17-24(29)26(34-28)19-3-2-4-23(15-19)36-11-13-39-14-12-36;3-2(4,5)1(6)7/h2-10,15-18H,11-14H2,1H3,(H,31,33,34);(H,6,7). The molecule has 12 nitrogen and oxygen atoms in total. The molecule has 0 bridgehead atoms. The summed E-state index contributed by atoms with van der Waals surface area (Å²) < 4.78 is 58.7. The Hall–Kier alpha value is -5.64. The average Bonchev–Trinajstić information content (AvgIpc) is 3.57. The zero-order valence-electron chi connectivity index (χ0n) is 24.1. The monoisotopic (exact) mass is 638 g/mol. The van der Waals surface area contributed by atoms with Crippen LogP contribution in [0.1, 0.15) is 0 Å². The van der Waals surface area contributed by atoms with Crippen molar-refractivity contribution in [3.05, 3.63) is 85.2 Å². The van der Waals surface area contributed by atoms with Crippen molar-refractivity contribution >= 4 is 23.3 Å². The summed E-state index contributed by atoms with van der Waals surface area (Å²) in [4.78, 5) is 28.3. The summed E-state index contributed by atoms with van der Waals surface area (Å²) in [5.74, 6) is -1.86. The van der Waals surface area contributed by atoms with Crippen molar-refractivity contribution < 1.29 is 36.9 Å². The Bertz CT molecular complexity index is 1780. The third-order valence-corrected chi connectivity index (χ3v) is 6.57. The number of nitrogens with one attached hydrogen (secondary N) is 1. The molecule has 0 saturated carbocycles. The fourth-order valence-electron chi connectivity index (χ4n) is 4.28. The number of aromatic nitrogens is 6. The highest BCUT2D eigenvalue weighted by atomic mass is 19.4. The second-order valence-electron chi connectivity index (χ2n) is 9.62. The number of ether oxygens (including phenoxy) is 2. The number of carboxylic acid groups (broad SMARTS) is 1. The number of carbonyl (C=O) groups is 1. The van der Waals surface area contributed by atoms with E-state index >= 15 is 0 Å². The molecule has 0 radical (unpaired) electrons. The quantitative estimate of drug-likeness (QED) is 0.229. The number of carboxylic acids is 1. The van der Waals surface area contributed by atoms with Gasteiger partial charge in [0, 0.05) is 47.9 Å². The Morgan fingerprint density at radius 2 is 1.70 bits per heavy atom. The molecule has 0 atom stereocenters. The van der Waals surface area contributed by atoms with E-state index in [2.05, 4.69) is 35.3 Å². The fourth-order valence-corrected chi connectivity index (χ4v) is 4.28. The largest absolute Gasteiger partial charge is 0.490 e. The van der Waals surface area contributed by atoms with Crippen molar-refractivity contribution in [3.8, 4) is 34.2 Å². The molecule has 2 N–H and O–H groups in total. The van der Waals surface area contributed by atoms with Crippen LogP contribution in [0.15, 0.2) is 79.4 Å². The van der Waals surface area contributed by atoms with Gasteiger partial charge in [-0.05, 0) is 42.5 Å². The Balaban J connectivity index is 0.000000537. The van der Waals surface area contributed by atoms with E-state index in [-0.39, 0.29) is 5.69 Å². The molecule has 0 amide bonds. The number of rotatable bonds is 7. The molecule has 1 saturated heterocycles. The lowest BCUT2D eigenvalue weighted by Gasteiger charge is -2.29. The molecule has 5 aromatic rings. The summed E-state index contributed by atoms with van der Waals surface area (Å²) in [5, 5.41) is 14.8. The first-order valence-electron chi connectivity index (χ1n) is 13.7. The minimum Gasteiger partial charge on any atom is -0.481 e. The van der Waals surface area contributed by atoms with Gasteiger partial charge in [0.2, 0.25) is 11.8 Å². The molecule has 0 aliphatic carbocycles. The van der Waals surface area contributed by atoms with E-state index in [4.69, 9.17) is 19.4 Å². The second kappa shape index (κ2) is 14.0. The highest BCUT2D eigenvalue weighted by Gasteiger charge is 2.38. The molecule has 238 valence electrons. The number of hydrogen-bond donors (Lipinski definition) is 2. The summed E-state index contributed by atoms with van der Waals surface area (Å²) >= 11 is 0. The SMILES string of the molecule is COc1ccc(-c2ncn(-c3ccc(Nc4ncc(F)c(-c5cccc(N6CCOCC6)c5)n4)cc3)n2)cn1.O=C(O)C(F)(F)F. The normalized spacial score (nSPS) is 13.0. The summed E-state index contributed by atoms with van der Waals surface area (Å²) in [5.41, 5.74) is 4.29. The van der Waals surface area contributed by atoms with Crippen LogP contribution in [-0.2, 0) is 9.53 Å². The molecule has 1 aliphatic heterocycles. The summed E-state index contributed by atoms with van der Waals surface area (Å²) in [6, 6.07) is 18.9. The van der Waals surface area contributed by atoms with Gasteiger partial charge < -0.3 is 24.8 Å². The zero-order valence-corrected chi connectivity index (χ0v) is 24.1. The van der Waals surface area contributed by atoms with Crippen molar-refractivity contribution in [2.24, 2.45) is 0 Å². The van der Waals surface area contributed by atoms with Crippen molar-refractivity contribution in [2.75, 3.05) is 43.6 Å². The smallest absolute Gasteiger partial charge is 0.481 e. The van der Waals surface area contributed by atoms with Gasteiger partial charge in [0.25, 0.3) is 0 Å². The number of alkyl halides is 3. The highest BCUT2D eigenvalue weighted by molar-refractivity contribution is 5.73. The predicted octanol–water partition coefficient (Wildman–Crippen LogP) is 5.15. The van der Waals surface area contributed by atoms with Crippen LogP contribution in [0.5, 0.6) is 5.88 Å². The van der Waals surface area contributed by atoms with Gasteiger partial charge in [0.15, 0.2) is 11.6 Å². The molecule has 1 fully saturated rings. The van der Waals surface area contributed by atoms with Crippen LogP contribution >= 0.6 is 0 Å². The Labute approximate surface area is 259 Å². The topological polar surface area (TPSA) is 140 Å². The molecular weight excluding hydrogens is 612 g/mol. The van der Waals surface area contributed by atoms with Gasteiger partial charge in [-0.3, -0.25) is 0 Å². The van der Waals surface area contributed by atoms with Gasteiger partial charge in [-0.2, -0.15) is 13.2 Å². The Morgan fingerprint density at radius 3 is 2.35 bits per heavy atom. The molecule has 0 unspecified atom stereocenters. The van der Waals surface area contributed by atoms with E-state index in [1.165, 1.54) is 6.20 Å². The van der Waals surface area contributed by atoms with E-state index in [0.717, 1.165) is 35.7 Å². The van der Waals surface area contributed by atoms with E-state index < -0.39 is 18.0 Å². The second-order valence-corrected chi connectivity index (χ2v) is 9.62. The van der Waals surface area contributed by atoms with Crippen molar-refractivity contribution in [1.82, 2.24) is 29.7 Å². The first-order chi connectivity index (χ1) is 22.1. The number of anilines is 3. The highest BCUT2D eigenvalue weighted by Crippen LogP contribution is 2.27. The van der Waals surface area contributed by atoms with Crippen LogP contribution in [0, 0.1) is 5.82 Å². The Morgan fingerprint density at radius 1 is 0.957 bits per heavy atom. The van der Waals surface area contributed by atoms with Crippen LogP contribution in [0.2, 0.25) is 0 Å². The maximum atomic E-state index is 14.8. The lowest BCUT2D eigenvalue weighted by molar-refractivity contribution is -0.192. The molecule has 1 aliphatic rings. The molecule has 4 heterocycles. The lowest BCUT2D eigenvalue weighted by atomic mass is 10.1. The molecular formula is C30H26F4N8O4. The maximum absolute atomic E-state index is 14.8. The van der Waals surface area contributed by atoms with Gasteiger partial charge in [-0.1, -0.05) is 12.1 Å². The third-order valence-electron chi connectivity index (χ3n) is 6.57. The Kier molecular flexibility index (Phi) is 9.66. The number of hydrogen-bond acceptors (Lipinski definition) is 10. The molecule has 16 heteroatoms. The van der Waals surface area contributed by atoms with Crippen molar-refractivity contribution in [1.29, 1.82) is 0 Å². The summed E-state index contributed by atoms with van der Waals surface area (Å²) in [7, 11) is 1.57. The van der Waals surface area contributed by atoms with Crippen LogP contribution in [0.3, 0.4) is 0 Å². The van der Waals surface area contributed by atoms with Crippen LogP contribution in [0.25, 0.3) is 28.3 Å². The fraction of sp³-hybridized carbons (Fsp3) is 0.200. The third kappa shape index (κ3) is 7.89. The van der Waals surface area contributed by atoms with Gasteiger partial charge in [0.05, 0.1) is 32.2 Å². The maximum Gasteiger partial charge on any atom is 0.490 e. The first kappa shape index (κ1) is 31.8. The van der Waals surface area contributed by atoms with Gasteiger partial charge in [-0.15, -0.1) is 5.10 Å². The number of aliphatic carboxylic acids is 1. The molecule has 6 rings (SSSR count). The predicted molar refractivity (Wildman–Crippen MR) is 159 cm³/mol. The average molecular weight is 639 g/mol. The van der Waals surface area contributed by atoms with Crippen LogP contribution in [-0.4, -0.2) is 80.4 Å². The van der Waals surface area contributed by atoms with E-state index in [0.29, 0.717) is 36.4 Å². The summed E-state index contributed by atoms with van der Waals surface area (Å²) in [6.45, 7) is 2.95. The number of pyridine rings is 1. The first-order valence-corrected chi connectivity index (χ1v) is 13.7. The minimum atomic E-state index is -5.08. The van der Waals surface area contributed by atoms with Crippen molar-refractivity contribution in [2.45, 2.75) is 6.18 Å². The van der Waals surface area contributed by atoms with Gasteiger partial charge in [0.1, 0.15) is 12.0 Å².